The molecule has 4 rings (SSSR count). The summed E-state index contributed by atoms with van der Waals surface area (Å²) in [4.78, 5) is 15.3. The van der Waals surface area contributed by atoms with E-state index in [1.807, 2.05) is 25.1 Å². The average molecular weight is 440 g/mol. The van der Waals surface area contributed by atoms with Gasteiger partial charge in [-0.05, 0) is 63.2 Å². The minimum Gasteiger partial charge on any atom is -0.493 e. The Balaban J connectivity index is 1.37. The summed E-state index contributed by atoms with van der Waals surface area (Å²) in [6, 6.07) is 9.63. The zero-order valence-corrected chi connectivity index (χ0v) is 19.0. The van der Waals surface area contributed by atoms with Crippen LogP contribution >= 0.6 is 0 Å². The maximum absolute atomic E-state index is 13.0. The topological polar surface area (TPSA) is 75.0 Å². The minimum absolute atomic E-state index is 0.116. The predicted molar refractivity (Wildman–Crippen MR) is 122 cm³/mol. The lowest BCUT2D eigenvalue weighted by Crippen LogP contribution is -2.28. The molecule has 32 heavy (non-hydrogen) atoms. The van der Waals surface area contributed by atoms with Gasteiger partial charge in [0.2, 0.25) is 6.79 Å². The minimum atomic E-state index is -0.116. The Bertz CT molecular complexity index is 1170. The van der Waals surface area contributed by atoms with Crippen molar-refractivity contribution in [1.29, 1.82) is 0 Å². The van der Waals surface area contributed by atoms with Crippen molar-refractivity contribution >= 4 is 10.8 Å². The third kappa shape index (κ3) is 4.50. The first-order valence-electron chi connectivity index (χ1n) is 10.7. The second-order valence-electron chi connectivity index (χ2n) is 7.96. The molecule has 0 amide bonds. The quantitative estimate of drug-likeness (QED) is 0.507. The summed E-state index contributed by atoms with van der Waals surface area (Å²) in [5, 5.41) is 5.89. The third-order valence-corrected chi connectivity index (χ3v) is 5.78. The number of hydrogen-bond donors (Lipinski definition) is 0. The molecular weight excluding hydrogens is 410 g/mol. The zero-order valence-electron chi connectivity index (χ0n) is 19.0. The van der Waals surface area contributed by atoms with Gasteiger partial charge in [0.25, 0.3) is 5.56 Å². The maximum Gasteiger partial charge on any atom is 0.274 e. The van der Waals surface area contributed by atoms with Gasteiger partial charge < -0.3 is 23.8 Å². The highest BCUT2D eigenvalue weighted by Gasteiger charge is 2.15. The second-order valence-corrected chi connectivity index (χ2v) is 7.96. The molecule has 0 aliphatic carbocycles. The van der Waals surface area contributed by atoms with E-state index in [0.717, 1.165) is 48.5 Å². The van der Waals surface area contributed by atoms with E-state index in [-0.39, 0.29) is 5.56 Å². The summed E-state index contributed by atoms with van der Waals surface area (Å²) < 4.78 is 23.1. The van der Waals surface area contributed by atoms with E-state index in [0.29, 0.717) is 30.2 Å². The number of ether oxygens (including phenoxy) is 4. The lowest BCUT2D eigenvalue weighted by molar-refractivity contribution is 0.174. The summed E-state index contributed by atoms with van der Waals surface area (Å²) in [6.45, 7) is 4.53. The molecule has 2 heterocycles. The smallest absolute Gasteiger partial charge is 0.274 e. The molecule has 0 unspecified atom stereocenters. The molecule has 0 atom stereocenters. The van der Waals surface area contributed by atoms with Crippen LogP contribution in [0.15, 0.2) is 35.1 Å². The van der Waals surface area contributed by atoms with E-state index in [4.69, 9.17) is 18.9 Å². The average Bonchev–Trinajstić information content (AvgIpc) is 3.28. The summed E-state index contributed by atoms with van der Waals surface area (Å²) in [7, 11) is 5.23. The largest absolute Gasteiger partial charge is 0.493 e. The van der Waals surface area contributed by atoms with E-state index in [1.54, 1.807) is 25.0 Å². The first-order chi connectivity index (χ1) is 15.5. The van der Waals surface area contributed by atoms with E-state index in [9.17, 15) is 4.79 Å². The number of fused-ring (bicyclic) bond motifs is 2. The fraction of sp³-hybridized carbons (Fsp3) is 0.417. The molecule has 8 nitrogen and oxygen atoms in total. The highest BCUT2D eigenvalue weighted by atomic mass is 16.7. The van der Waals surface area contributed by atoms with Gasteiger partial charge in [0.15, 0.2) is 23.0 Å². The lowest BCUT2D eigenvalue weighted by Gasteiger charge is -2.17. The van der Waals surface area contributed by atoms with Crippen LogP contribution in [0.3, 0.4) is 0 Å². The molecule has 0 fully saturated rings. The summed E-state index contributed by atoms with van der Waals surface area (Å²) >= 11 is 0. The summed E-state index contributed by atoms with van der Waals surface area (Å²) in [5.74, 6) is 2.75. The monoisotopic (exact) mass is 439 g/mol. The van der Waals surface area contributed by atoms with Crippen molar-refractivity contribution in [3.8, 4) is 23.0 Å². The Morgan fingerprint density at radius 1 is 1.03 bits per heavy atom. The van der Waals surface area contributed by atoms with Crippen LogP contribution in [0.25, 0.3) is 10.8 Å². The van der Waals surface area contributed by atoms with E-state index >= 15 is 0 Å². The number of nitrogens with zero attached hydrogens (tertiary/aromatic N) is 3. The van der Waals surface area contributed by atoms with Gasteiger partial charge in [0, 0.05) is 18.5 Å². The molecule has 1 aliphatic rings. The molecule has 0 radical (unpaired) electrons. The van der Waals surface area contributed by atoms with Gasteiger partial charge in [-0.2, -0.15) is 5.10 Å². The van der Waals surface area contributed by atoms with Crippen molar-refractivity contribution in [1.82, 2.24) is 14.7 Å². The van der Waals surface area contributed by atoms with Gasteiger partial charge in [-0.3, -0.25) is 4.79 Å². The van der Waals surface area contributed by atoms with Crippen LogP contribution in [-0.2, 0) is 13.0 Å². The molecule has 0 spiro atoms. The number of hydrogen-bond acceptors (Lipinski definition) is 7. The predicted octanol–water partition coefficient (Wildman–Crippen LogP) is 3.02. The Morgan fingerprint density at radius 2 is 1.75 bits per heavy atom. The lowest BCUT2D eigenvalue weighted by atomic mass is 10.1. The summed E-state index contributed by atoms with van der Waals surface area (Å²) in [5.41, 5.74) is 1.89. The van der Waals surface area contributed by atoms with Crippen LogP contribution in [-0.4, -0.2) is 55.8 Å². The standard InChI is InChI=1S/C24H29N3O5/c1-16-18-13-21(29-3)22(30-4)14-19(18)24(28)27(25-16)10-5-9-26(2)11-8-17-6-7-20-23(12-17)32-15-31-20/h6-7,12-14H,5,8-11,15H2,1-4H3. The molecular formula is C24H29N3O5. The Hall–Kier alpha value is -3.26. The van der Waals surface area contributed by atoms with Gasteiger partial charge in [-0.1, -0.05) is 6.07 Å². The van der Waals surface area contributed by atoms with Crippen molar-refractivity contribution in [2.45, 2.75) is 26.3 Å². The van der Waals surface area contributed by atoms with Crippen molar-refractivity contribution in [2.24, 2.45) is 0 Å². The Kier molecular flexibility index (Phi) is 6.50. The Labute approximate surface area is 187 Å². The highest BCUT2D eigenvalue weighted by molar-refractivity contribution is 5.87. The normalized spacial score (nSPS) is 12.5. The zero-order chi connectivity index (χ0) is 22.7. The molecule has 1 aliphatic heterocycles. The number of rotatable bonds is 9. The van der Waals surface area contributed by atoms with E-state index < -0.39 is 0 Å². The van der Waals surface area contributed by atoms with Crippen molar-refractivity contribution in [3.05, 3.63) is 51.9 Å². The van der Waals surface area contributed by atoms with E-state index in [2.05, 4.69) is 23.1 Å². The Morgan fingerprint density at radius 3 is 2.50 bits per heavy atom. The third-order valence-electron chi connectivity index (χ3n) is 5.78. The van der Waals surface area contributed by atoms with Crippen molar-refractivity contribution in [2.75, 3.05) is 41.1 Å². The van der Waals surface area contributed by atoms with Crippen LogP contribution < -0.4 is 24.5 Å². The first-order valence-corrected chi connectivity index (χ1v) is 10.7. The van der Waals surface area contributed by atoms with Crippen LogP contribution in [0.1, 0.15) is 17.7 Å². The van der Waals surface area contributed by atoms with Gasteiger partial charge >= 0.3 is 0 Å². The number of benzene rings is 2. The van der Waals surface area contributed by atoms with Crippen LogP contribution in [0, 0.1) is 6.92 Å². The number of aryl methyl sites for hydroxylation is 2. The summed E-state index contributed by atoms with van der Waals surface area (Å²) in [6.07, 6.45) is 1.74. The molecule has 3 aromatic rings. The molecule has 170 valence electrons. The van der Waals surface area contributed by atoms with Gasteiger partial charge in [-0.25, -0.2) is 4.68 Å². The molecule has 2 aromatic carbocycles. The van der Waals surface area contributed by atoms with Gasteiger partial charge in [0.05, 0.1) is 25.3 Å². The van der Waals surface area contributed by atoms with Crippen LogP contribution in [0.4, 0.5) is 0 Å². The highest BCUT2D eigenvalue weighted by Crippen LogP contribution is 2.33. The molecule has 0 bridgehead atoms. The van der Waals surface area contributed by atoms with Gasteiger partial charge in [0.1, 0.15) is 0 Å². The van der Waals surface area contributed by atoms with Crippen molar-refractivity contribution in [3.63, 3.8) is 0 Å². The van der Waals surface area contributed by atoms with Gasteiger partial charge in [-0.15, -0.1) is 0 Å². The molecule has 1 aromatic heterocycles. The number of methoxy groups -OCH3 is 2. The number of likely N-dealkylation sites (N-methyl/N-ethyl adjacent to an activating group) is 1. The van der Waals surface area contributed by atoms with Crippen LogP contribution in [0.2, 0.25) is 0 Å². The fourth-order valence-electron chi connectivity index (χ4n) is 3.94. The molecule has 0 N–H and O–H groups in total. The molecule has 8 heteroatoms. The van der Waals surface area contributed by atoms with Crippen molar-refractivity contribution < 1.29 is 18.9 Å². The number of aromatic nitrogens is 2. The fourth-order valence-corrected chi connectivity index (χ4v) is 3.94. The second kappa shape index (κ2) is 9.48. The van der Waals surface area contributed by atoms with E-state index in [1.165, 1.54) is 5.56 Å². The maximum atomic E-state index is 13.0. The SMILES string of the molecule is COc1cc2c(C)nn(CCCN(C)CCc3ccc4c(c3)OCO4)c(=O)c2cc1OC. The van der Waals surface area contributed by atoms with Crippen LogP contribution in [0.5, 0.6) is 23.0 Å². The first kappa shape index (κ1) is 22.0. The molecule has 0 saturated heterocycles. The molecule has 0 saturated carbocycles.